The lowest BCUT2D eigenvalue weighted by molar-refractivity contribution is -0.143. The van der Waals surface area contributed by atoms with Crippen LogP contribution in [-0.2, 0) is 14.3 Å². The minimum Gasteiger partial charge on any atom is -0.481 e. The fourth-order valence-corrected chi connectivity index (χ4v) is 3.48. The monoisotopic (exact) mass is 281 g/mol. The van der Waals surface area contributed by atoms with Gasteiger partial charge in [0.05, 0.1) is 24.0 Å². The molecule has 3 fully saturated rings. The Bertz CT molecular complexity index is 383. The number of hydrogen-bond acceptors (Lipinski definition) is 3. The minimum absolute atomic E-state index is 0.0386. The number of nitrogens with zero attached hydrogens (tertiary/aromatic N) is 1. The maximum absolute atomic E-state index is 12.1. The van der Waals surface area contributed by atoms with E-state index in [2.05, 4.69) is 0 Å². The molecule has 3 aliphatic rings. The summed E-state index contributed by atoms with van der Waals surface area (Å²) in [6.45, 7) is 1.44. The molecule has 1 amide bonds. The largest absolute Gasteiger partial charge is 0.481 e. The summed E-state index contributed by atoms with van der Waals surface area (Å²) in [5.74, 6) is -1.49. The SMILES string of the molecule is O=C(O)C1CC1C(=O)N1CCC(OC2CCCC2)CC1. The minimum atomic E-state index is -0.831. The van der Waals surface area contributed by atoms with Gasteiger partial charge >= 0.3 is 5.97 Å². The molecule has 2 saturated carbocycles. The second kappa shape index (κ2) is 5.72. The van der Waals surface area contributed by atoms with E-state index < -0.39 is 11.9 Å². The van der Waals surface area contributed by atoms with E-state index in [9.17, 15) is 9.59 Å². The number of hydrogen-bond donors (Lipinski definition) is 1. The Morgan fingerprint density at radius 3 is 2.10 bits per heavy atom. The van der Waals surface area contributed by atoms with Gasteiger partial charge in [-0.25, -0.2) is 0 Å². The summed E-state index contributed by atoms with van der Waals surface area (Å²) in [6, 6.07) is 0. The Kier molecular flexibility index (Phi) is 3.96. The number of carbonyl (C=O) groups is 2. The summed E-state index contributed by atoms with van der Waals surface area (Å²) >= 11 is 0. The molecule has 0 radical (unpaired) electrons. The van der Waals surface area contributed by atoms with Crippen LogP contribution in [-0.4, -0.2) is 47.2 Å². The molecule has 5 nitrogen and oxygen atoms in total. The molecule has 1 N–H and O–H groups in total. The molecule has 1 aliphatic heterocycles. The topological polar surface area (TPSA) is 66.8 Å². The van der Waals surface area contributed by atoms with Crippen LogP contribution >= 0.6 is 0 Å². The summed E-state index contributed by atoms with van der Waals surface area (Å²) in [5, 5.41) is 8.88. The average molecular weight is 281 g/mol. The first-order valence-corrected chi connectivity index (χ1v) is 7.82. The number of rotatable bonds is 4. The zero-order valence-corrected chi connectivity index (χ0v) is 11.8. The zero-order chi connectivity index (χ0) is 14.1. The number of ether oxygens (including phenoxy) is 1. The van der Waals surface area contributed by atoms with Gasteiger partial charge in [-0.1, -0.05) is 12.8 Å². The summed E-state index contributed by atoms with van der Waals surface area (Å²) < 4.78 is 6.08. The summed E-state index contributed by atoms with van der Waals surface area (Å²) in [5.41, 5.74) is 0. The Morgan fingerprint density at radius 2 is 1.55 bits per heavy atom. The molecule has 1 heterocycles. The number of carbonyl (C=O) groups excluding carboxylic acids is 1. The smallest absolute Gasteiger partial charge is 0.307 e. The van der Waals surface area contributed by atoms with Crippen LogP contribution in [0.25, 0.3) is 0 Å². The lowest BCUT2D eigenvalue weighted by atomic mass is 10.1. The highest BCUT2D eigenvalue weighted by Gasteiger charge is 2.50. The van der Waals surface area contributed by atoms with Gasteiger partial charge < -0.3 is 14.7 Å². The molecular formula is C15H23NO4. The summed E-state index contributed by atoms with van der Waals surface area (Å²) in [6.07, 6.45) is 7.95. The molecular weight excluding hydrogens is 258 g/mol. The summed E-state index contributed by atoms with van der Waals surface area (Å²) in [7, 11) is 0. The Hall–Kier alpha value is -1.10. The van der Waals surface area contributed by atoms with Crippen LogP contribution in [0.5, 0.6) is 0 Å². The lowest BCUT2D eigenvalue weighted by Crippen LogP contribution is -2.42. The van der Waals surface area contributed by atoms with Gasteiger partial charge in [-0.15, -0.1) is 0 Å². The van der Waals surface area contributed by atoms with Crippen molar-refractivity contribution in [2.45, 2.75) is 57.2 Å². The van der Waals surface area contributed by atoms with Crippen LogP contribution in [0.4, 0.5) is 0 Å². The van der Waals surface area contributed by atoms with E-state index in [1.54, 1.807) is 0 Å². The van der Waals surface area contributed by atoms with E-state index >= 15 is 0 Å². The third kappa shape index (κ3) is 2.97. The molecule has 20 heavy (non-hydrogen) atoms. The molecule has 3 rings (SSSR count). The highest BCUT2D eigenvalue weighted by Crippen LogP contribution is 2.40. The number of likely N-dealkylation sites (tertiary alicyclic amines) is 1. The fraction of sp³-hybridized carbons (Fsp3) is 0.867. The number of carboxylic acids is 1. The van der Waals surface area contributed by atoms with Crippen molar-refractivity contribution in [3.05, 3.63) is 0 Å². The molecule has 0 spiro atoms. The van der Waals surface area contributed by atoms with E-state index in [1.165, 1.54) is 25.7 Å². The van der Waals surface area contributed by atoms with Crippen LogP contribution in [0, 0.1) is 11.8 Å². The van der Waals surface area contributed by atoms with Gasteiger partial charge in [-0.05, 0) is 32.1 Å². The Balaban J connectivity index is 1.42. The molecule has 5 heteroatoms. The number of amides is 1. The van der Waals surface area contributed by atoms with Crippen LogP contribution in [0.3, 0.4) is 0 Å². The van der Waals surface area contributed by atoms with Crippen molar-refractivity contribution < 1.29 is 19.4 Å². The van der Waals surface area contributed by atoms with Gasteiger partial charge in [0.1, 0.15) is 0 Å². The normalized spacial score (nSPS) is 31.5. The highest BCUT2D eigenvalue weighted by molar-refractivity contribution is 5.89. The molecule has 0 aromatic heterocycles. The number of piperidine rings is 1. The molecule has 2 atom stereocenters. The first kappa shape index (κ1) is 13.9. The molecule has 2 aliphatic carbocycles. The van der Waals surface area contributed by atoms with Gasteiger partial charge in [0.15, 0.2) is 0 Å². The van der Waals surface area contributed by atoms with Crippen molar-refractivity contribution in [1.82, 2.24) is 4.90 Å². The standard InChI is InChI=1S/C15H23NO4/c17-14(12-9-13(12)15(18)19)16-7-5-11(6-8-16)20-10-3-1-2-4-10/h10-13H,1-9H2,(H,18,19). The third-order valence-corrected chi connectivity index (χ3v) is 4.87. The number of aliphatic carboxylic acids is 1. The van der Waals surface area contributed by atoms with Crippen molar-refractivity contribution in [1.29, 1.82) is 0 Å². The zero-order valence-electron chi connectivity index (χ0n) is 11.8. The maximum atomic E-state index is 12.1. The van der Waals surface area contributed by atoms with Crippen molar-refractivity contribution in [2.75, 3.05) is 13.1 Å². The number of carboxylic acid groups (broad SMARTS) is 1. The summed E-state index contributed by atoms with van der Waals surface area (Å²) in [4.78, 5) is 24.8. The van der Waals surface area contributed by atoms with Crippen molar-refractivity contribution >= 4 is 11.9 Å². The Morgan fingerprint density at radius 1 is 0.950 bits per heavy atom. The quantitative estimate of drug-likeness (QED) is 0.851. The van der Waals surface area contributed by atoms with E-state index in [4.69, 9.17) is 9.84 Å². The van der Waals surface area contributed by atoms with Crippen molar-refractivity contribution in [3.63, 3.8) is 0 Å². The van der Waals surface area contributed by atoms with E-state index in [0.717, 1.165) is 25.9 Å². The van der Waals surface area contributed by atoms with Crippen LogP contribution < -0.4 is 0 Å². The van der Waals surface area contributed by atoms with Crippen molar-refractivity contribution in [3.8, 4) is 0 Å². The first-order chi connectivity index (χ1) is 9.65. The fourth-order valence-electron chi connectivity index (χ4n) is 3.48. The molecule has 0 aromatic rings. The second-order valence-corrected chi connectivity index (χ2v) is 6.35. The van der Waals surface area contributed by atoms with E-state index in [1.807, 2.05) is 4.90 Å². The van der Waals surface area contributed by atoms with Gasteiger partial charge in [0.25, 0.3) is 0 Å². The first-order valence-electron chi connectivity index (χ1n) is 7.82. The maximum Gasteiger partial charge on any atom is 0.307 e. The van der Waals surface area contributed by atoms with Gasteiger partial charge in [-0.2, -0.15) is 0 Å². The molecule has 0 aromatic carbocycles. The lowest BCUT2D eigenvalue weighted by Gasteiger charge is -2.33. The molecule has 2 unspecified atom stereocenters. The molecule has 0 bridgehead atoms. The predicted octanol–water partition coefficient (Wildman–Crippen LogP) is 1.66. The Labute approximate surface area is 119 Å². The van der Waals surface area contributed by atoms with Gasteiger partial charge in [0, 0.05) is 13.1 Å². The van der Waals surface area contributed by atoms with Crippen LogP contribution in [0.15, 0.2) is 0 Å². The van der Waals surface area contributed by atoms with E-state index in [0.29, 0.717) is 12.5 Å². The van der Waals surface area contributed by atoms with Crippen LogP contribution in [0.1, 0.15) is 44.9 Å². The van der Waals surface area contributed by atoms with Crippen LogP contribution in [0.2, 0.25) is 0 Å². The highest BCUT2D eigenvalue weighted by atomic mass is 16.5. The van der Waals surface area contributed by atoms with E-state index in [-0.39, 0.29) is 17.9 Å². The third-order valence-electron chi connectivity index (χ3n) is 4.87. The van der Waals surface area contributed by atoms with Gasteiger partial charge in [-0.3, -0.25) is 9.59 Å². The molecule has 1 saturated heterocycles. The second-order valence-electron chi connectivity index (χ2n) is 6.35. The predicted molar refractivity (Wildman–Crippen MR) is 72.2 cm³/mol. The molecule has 112 valence electrons. The van der Waals surface area contributed by atoms with Crippen molar-refractivity contribution in [2.24, 2.45) is 11.8 Å². The average Bonchev–Trinajstić information content (AvgIpc) is 3.10. The van der Waals surface area contributed by atoms with Gasteiger partial charge in [0.2, 0.25) is 5.91 Å².